The summed E-state index contributed by atoms with van der Waals surface area (Å²) in [6.45, 7) is 0.957. The molecule has 0 radical (unpaired) electrons. The van der Waals surface area contributed by atoms with Crippen molar-refractivity contribution < 1.29 is 23.0 Å². The van der Waals surface area contributed by atoms with Gasteiger partial charge in [-0.15, -0.1) is 0 Å². The Morgan fingerprint density at radius 2 is 1.97 bits per heavy atom. The van der Waals surface area contributed by atoms with E-state index < -0.39 is 17.0 Å². The van der Waals surface area contributed by atoms with Crippen LogP contribution in [-0.2, 0) is 23.7 Å². The molecule has 0 N–H and O–H groups in total. The van der Waals surface area contributed by atoms with E-state index in [1.54, 1.807) is 42.2 Å². The Morgan fingerprint density at radius 3 is 2.68 bits per heavy atom. The van der Waals surface area contributed by atoms with Crippen LogP contribution in [0.1, 0.15) is 34.5 Å². The summed E-state index contributed by atoms with van der Waals surface area (Å²) in [5.74, 6) is -1.14. The van der Waals surface area contributed by atoms with Gasteiger partial charge in [0.1, 0.15) is 45.2 Å². The number of ether oxygens (including phenoxy) is 2. The van der Waals surface area contributed by atoms with Crippen molar-refractivity contribution in [2.24, 2.45) is 7.05 Å². The fourth-order valence-electron chi connectivity index (χ4n) is 5.45. The van der Waals surface area contributed by atoms with E-state index in [1.165, 1.54) is 17.0 Å². The molecule has 1 amide bonds. The maximum atomic E-state index is 15.5. The molecule has 7 nitrogen and oxygen atoms in total. The number of nitrogens with zero attached hydrogens (tertiary/aromatic N) is 4. The Kier molecular flexibility index (Phi) is 5.98. The molecular formula is C27H26B2F2N4O3. The fourth-order valence-corrected chi connectivity index (χ4v) is 5.45. The van der Waals surface area contributed by atoms with Gasteiger partial charge in [-0.3, -0.25) is 14.5 Å². The quantitative estimate of drug-likeness (QED) is 0.370. The zero-order valence-electron chi connectivity index (χ0n) is 21.5. The molecule has 0 bridgehead atoms. The minimum Gasteiger partial charge on any atom is -0.489 e. The van der Waals surface area contributed by atoms with Gasteiger partial charge in [-0.1, -0.05) is 0 Å². The first-order valence-corrected chi connectivity index (χ1v) is 12.7. The van der Waals surface area contributed by atoms with Crippen molar-refractivity contribution in [1.29, 1.82) is 0 Å². The van der Waals surface area contributed by atoms with Gasteiger partial charge < -0.3 is 14.4 Å². The number of hydrogen-bond donors (Lipinski definition) is 0. The minimum atomic E-state index is -0.799. The van der Waals surface area contributed by atoms with Crippen molar-refractivity contribution >= 4 is 32.5 Å². The first-order valence-electron chi connectivity index (χ1n) is 12.7. The number of benzene rings is 2. The van der Waals surface area contributed by atoms with Gasteiger partial charge in [0, 0.05) is 42.3 Å². The molecule has 0 saturated carbocycles. The zero-order chi connectivity index (χ0) is 26.6. The molecular weight excluding hydrogens is 488 g/mol. The van der Waals surface area contributed by atoms with Crippen molar-refractivity contribution in [2.45, 2.75) is 30.8 Å². The summed E-state index contributed by atoms with van der Waals surface area (Å²) in [4.78, 5) is 18.9. The molecule has 38 heavy (non-hydrogen) atoms. The first kappa shape index (κ1) is 24.6. The molecule has 4 aromatic rings. The third-order valence-corrected chi connectivity index (χ3v) is 7.51. The first-order chi connectivity index (χ1) is 18.2. The summed E-state index contributed by atoms with van der Waals surface area (Å²) in [5.41, 5.74) is 2.52. The maximum Gasteiger partial charge on any atom is 0.255 e. The lowest BCUT2D eigenvalue weighted by molar-refractivity contribution is 0.0684. The molecule has 6 rings (SSSR count). The van der Waals surface area contributed by atoms with Gasteiger partial charge in [0.25, 0.3) is 5.91 Å². The Bertz CT molecular complexity index is 1550. The highest BCUT2D eigenvalue weighted by atomic mass is 19.1. The summed E-state index contributed by atoms with van der Waals surface area (Å²) in [7, 11) is 5.45. The van der Waals surface area contributed by atoms with Crippen LogP contribution in [0.4, 0.5) is 8.78 Å². The number of amides is 1. The number of fused-ring (bicyclic) bond motifs is 2. The van der Waals surface area contributed by atoms with E-state index in [2.05, 4.69) is 10.1 Å². The molecule has 1 saturated heterocycles. The second-order valence-corrected chi connectivity index (χ2v) is 10.4. The number of aromatic nitrogens is 3. The molecule has 1 fully saturated rings. The monoisotopic (exact) mass is 514 g/mol. The maximum absolute atomic E-state index is 15.5. The summed E-state index contributed by atoms with van der Waals surface area (Å²) in [6.07, 6.45) is 5.46. The molecule has 11 heteroatoms. The average molecular weight is 514 g/mol. The minimum absolute atomic E-state index is 0.0558. The number of carbonyl (C=O) groups is 1. The van der Waals surface area contributed by atoms with Crippen molar-refractivity contribution in [3.05, 3.63) is 77.2 Å². The van der Waals surface area contributed by atoms with Gasteiger partial charge in [0.15, 0.2) is 0 Å². The smallest absolute Gasteiger partial charge is 0.255 e. The number of carbonyl (C=O) groups excluding carboxylic acids is 1. The molecule has 0 aliphatic carbocycles. The zero-order valence-corrected chi connectivity index (χ0v) is 21.5. The van der Waals surface area contributed by atoms with Crippen LogP contribution in [-0.4, -0.2) is 60.6 Å². The standard InChI is InChI=1S/C27H26B2F2N4O3/c1-34-12-19-17(6-7-23(24(19)33-34)38-14-16-4-3-9-37-16)15-10-21(30)20(22(31)11-15)13-35-26(36)18-5-2-8-32-25(18)27(35,28)29/h2,5-8,10-12,16H,3-4,9,13-14,28-29H2,1H3. The molecule has 4 heterocycles. The lowest BCUT2D eigenvalue weighted by Gasteiger charge is -2.32. The summed E-state index contributed by atoms with van der Waals surface area (Å²) in [5, 5.41) is 4.46. The van der Waals surface area contributed by atoms with Crippen LogP contribution in [0, 0.1) is 11.6 Å². The topological polar surface area (TPSA) is 69.5 Å². The number of rotatable bonds is 6. The molecule has 1 atom stereocenters. The van der Waals surface area contributed by atoms with Crippen LogP contribution in [0.15, 0.2) is 48.8 Å². The van der Waals surface area contributed by atoms with Crippen LogP contribution in [0.25, 0.3) is 22.0 Å². The van der Waals surface area contributed by atoms with Crippen molar-refractivity contribution in [3.8, 4) is 16.9 Å². The Morgan fingerprint density at radius 1 is 1.18 bits per heavy atom. The molecule has 0 spiro atoms. The SMILES string of the molecule is BC1(B)c2ncccc2C(=O)N1Cc1c(F)cc(-c2ccc(OCC3CCCO3)c3nn(C)cc23)cc1F. The van der Waals surface area contributed by atoms with Crippen LogP contribution in [0.2, 0.25) is 0 Å². The highest BCUT2D eigenvalue weighted by molar-refractivity contribution is 6.42. The Hall–Kier alpha value is -3.72. The number of aryl methyl sites for hydroxylation is 1. The molecule has 2 aliphatic rings. The van der Waals surface area contributed by atoms with Gasteiger partial charge in [-0.25, -0.2) is 8.78 Å². The third kappa shape index (κ3) is 4.05. The number of halogens is 2. The predicted octanol–water partition coefficient (Wildman–Crippen LogP) is 2.50. The predicted molar refractivity (Wildman–Crippen MR) is 143 cm³/mol. The molecule has 1 unspecified atom stereocenters. The highest BCUT2D eigenvalue weighted by Gasteiger charge is 2.44. The Labute approximate surface area is 220 Å². The second kappa shape index (κ2) is 9.23. The van der Waals surface area contributed by atoms with Crippen LogP contribution >= 0.6 is 0 Å². The van der Waals surface area contributed by atoms with Crippen LogP contribution in [0.5, 0.6) is 5.75 Å². The second-order valence-electron chi connectivity index (χ2n) is 10.4. The van der Waals surface area contributed by atoms with Gasteiger partial charge in [-0.2, -0.15) is 5.10 Å². The van der Waals surface area contributed by atoms with E-state index in [0.29, 0.717) is 40.3 Å². The fraction of sp³-hybridized carbons (Fsp3) is 0.296. The van der Waals surface area contributed by atoms with E-state index in [0.717, 1.165) is 24.8 Å². The largest absolute Gasteiger partial charge is 0.489 e. The van der Waals surface area contributed by atoms with E-state index in [1.807, 2.05) is 21.9 Å². The van der Waals surface area contributed by atoms with Crippen molar-refractivity contribution in [1.82, 2.24) is 19.7 Å². The van der Waals surface area contributed by atoms with Crippen LogP contribution < -0.4 is 4.74 Å². The molecule has 2 aromatic heterocycles. The normalized spacial score (nSPS) is 18.3. The molecule has 2 aromatic carbocycles. The van der Waals surface area contributed by atoms with Crippen molar-refractivity contribution in [2.75, 3.05) is 13.2 Å². The summed E-state index contributed by atoms with van der Waals surface area (Å²) < 4.78 is 44.3. The van der Waals surface area contributed by atoms with E-state index in [-0.39, 0.29) is 24.1 Å². The average Bonchev–Trinajstić information content (AvgIpc) is 3.59. The highest BCUT2D eigenvalue weighted by Crippen LogP contribution is 2.38. The lowest BCUT2D eigenvalue weighted by atomic mass is 9.59. The number of pyridine rings is 1. The summed E-state index contributed by atoms with van der Waals surface area (Å²) >= 11 is 0. The molecule has 2 aliphatic heterocycles. The lowest BCUT2D eigenvalue weighted by Crippen LogP contribution is -2.45. The Balaban J connectivity index is 1.32. The van der Waals surface area contributed by atoms with E-state index >= 15 is 8.78 Å². The van der Waals surface area contributed by atoms with Gasteiger partial charge in [-0.05, 0) is 60.4 Å². The van der Waals surface area contributed by atoms with E-state index in [9.17, 15) is 4.79 Å². The third-order valence-electron chi connectivity index (χ3n) is 7.51. The van der Waals surface area contributed by atoms with Crippen molar-refractivity contribution in [3.63, 3.8) is 0 Å². The van der Waals surface area contributed by atoms with Gasteiger partial charge in [0.2, 0.25) is 0 Å². The van der Waals surface area contributed by atoms with Crippen LogP contribution in [0.3, 0.4) is 0 Å². The molecule has 192 valence electrons. The summed E-state index contributed by atoms with van der Waals surface area (Å²) in [6, 6.07) is 9.56. The van der Waals surface area contributed by atoms with Gasteiger partial charge in [0.05, 0.1) is 23.9 Å². The van der Waals surface area contributed by atoms with Gasteiger partial charge >= 0.3 is 0 Å². The number of hydrogen-bond acceptors (Lipinski definition) is 5. The van der Waals surface area contributed by atoms with E-state index in [4.69, 9.17) is 9.47 Å².